The highest BCUT2D eigenvalue weighted by Crippen LogP contribution is 2.37. The zero-order chi connectivity index (χ0) is 14.2. The molecular formula is C14H14N2O2S. The molecule has 98 valence electrons. The van der Waals surface area contributed by atoms with Crippen LogP contribution in [0.1, 0.15) is 31.9 Å². The maximum Gasteiger partial charge on any atom is 0.292 e. The first-order valence-electron chi connectivity index (χ1n) is 5.90. The molecule has 0 saturated carbocycles. The molecule has 0 spiro atoms. The maximum atomic E-state index is 11.5. The topological polar surface area (TPSA) is 70.0 Å². The van der Waals surface area contributed by atoms with E-state index in [9.17, 15) is 9.59 Å². The number of Topliss-reactive ketones (excluding diaryl/α,β-unsaturated/α-hetero) is 1. The van der Waals surface area contributed by atoms with Gasteiger partial charge in [-0.15, -0.1) is 0 Å². The number of hydrogen-bond donors (Lipinski definition) is 1. The molecular weight excluding hydrogens is 260 g/mol. The van der Waals surface area contributed by atoms with E-state index in [1.54, 1.807) is 6.07 Å². The van der Waals surface area contributed by atoms with Crippen molar-refractivity contribution in [2.75, 3.05) is 5.32 Å². The summed E-state index contributed by atoms with van der Waals surface area (Å²) in [5, 5.41) is 13.5. The molecule has 1 N–H and O–H groups in total. The number of benzene rings is 1. The Morgan fingerprint density at radius 1 is 1.32 bits per heavy atom. The van der Waals surface area contributed by atoms with Gasteiger partial charge in [-0.2, -0.15) is 5.26 Å². The summed E-state index contributed by atoms with van der Waals surface area (Å²) < 4.78 is 0. The van der Waals surface area contributed by atoms with Gasteiger partial charge < -0.3 is 5.32 Å². The summed E-state index contributed by atoms with van der Waals surface area (Å²) in [4.78, 5) is 23.7. The van der Waals surface area contributed by atoms with Gasteiger partial charge >= 0.3 is 0 Å². The number of ketones is 1. The molecule has 4 nitrogen and oxygen atoms in total. The number of thioether (sulfide) groups is 1. The Bertz CT molecular complexity index is 609. The molecule has 1 aliphatic rings. The lowest BCUT2D eigenvalue weighted by molar-refractivity contribution is -0.134. The molecule has 2 rings (SSSR count). The maximum absolute atomic E-state index is 11.5. The summed E-state index contributed by atoms with van der Waals surface area (Å²) in [6.45, 7) is 6.16. The van der Waals surface area contributed by atoms with Crippen LogP contribution < -0.4 is 5.32 Å². The number of carbonyl (C=O) groups excluding carboxylic acids is 2. The quantitative estimate of drug-likeness (QED) is 0.485. The number of carbonyl (C=O) groups is 2. The Labute approximate surface area is 116 Å². The first-order chi connectivity index (χ1) is 8.82. The number of amides is 1. The van der Waals surface area contributed by atoms with Gasteiger partial charge in [0.25, 0.3) is 5.91 Å². The summed E-state index contributed by atoms with van der Waals surface area (Å²) in [5.74, 6) is -1.00. The van der Waals surface area contributed by atoms with E-state index in [0.29, 0.717) is 5.69 Å². The third-order valence-electron chi connectivity index (χ3n) is 3.02. The Morgan fingerprint density at radius 3 is 2.58 bits per heavy atom. The largest absolute Gasteiger partial charge is 0.319 e. The number of fused-ring (bicyclic) bond motifs is 1. The van der Waals surface area contributed by atoms with Crippen LogP contribution in [0.3, 0.4) is 0 Å². The van der Waals surface area contributed by atoms with E-state index in [1.165, 1.54) is 0 Å². The third-order valence-corrected chi connectivity index (χ3v) is 3.67. The highest BCUT2D eigenvalue weighted by atomic mass is 32.2. The van der Waals surface area contributed by atoms with Crippen LogP contribution in [0, 0.1) is 10.7 Å². The number of thiocyanates is 1. The predicted molar refractivity (Wildman–Crippen MR) is 74.0 cm³/mol. The lowest BCUT2D eigenvalue weighted by Gasteiger charge is -2.25. The molecule has 0 aliphatic carbocycles. The van der Waals surface area contributed by atoms with Crippen molar-refractivity contribution in [3.8, 4) is 5.40 Å². The molecule has 1 aromatic rings. The van der Waals surface area contributed by atoms with E-state index in [4.69, 9.17) is 5.26 Å². The third kappa shape index (κ3) is 2.64. The fourth-order valence-corrected chi connectivity index (χ4v) is 2.80. The molecule has 19 heavy (non-hydrogen) atoms. The second kappa shape index (κ2) is 4.71. The van der Waals surface area contributed by atoms with Crippen LogP contribution in [0.5, 0.6) is 0 Å². The number of anilines is 1. The molecule has 1 amide bonds. The van der Waals surface area contributed by atoms with Crippen LogP contribution in [0.4, 0.5) is 5.69 Å². The first-order valence-corrected chi connectivity index (χ1v) is 6.72. The lowest BCUT2D eigenvalue weighted by atomic mass is 9.84. The smallest absolute Gasteiger partial charge is 0.292 e. The number of nitrogens with one attached hydrogen (secondary N) is 1. The van der Waals surface area contributed by atoms with Crippen molar-refractivity contribution < 1.29 is 9.59 Å². The minimum atomic E-state index is -0.580. The van der Waals surface area contributed by atoms with Gasteiger partial charge in [-0.05, 0) is 34.4 Å². The Hall–Kier alpha value is -1.80. The van der Waals surface area contributed by atoms with Crippen LogP contribution in [-0.2, 0) is 21.4 Å². The number of nitriles is 1. The Morgan fingerprint density at radius 2 is 2.00 bits per heavy atom. The summed E-state index contributed by atoms with van der Waals surface area (Å²) >= 11 is 1.07. The summed E-state index contributed by atoms with van der Waals surface area (Å²) in [5.41, 5.74) is 2.34. The highest BCUT2D eigenvalue weighted by molar-refractivity contribution is 8.03. The zero-order valence-electron chi connectivity index (χ0n) is 11.0. The first kappa shape index (κ1) is 13.6. The second-order valence-electron chi connectivity index (χ2n) is 5.50. The predicted octanol–water partition coefficient (Wildman–Crippen LogP) is 2.62. The van der Waals surface area contributed by atoms with Gasteiger partial charge in [-0.1, -0.05) is 26.8 Å². The number of nitrogens with zero attached hydrogens (tertiary/aromatic N) is 1. The highest BCUT2D eigenvalue weighted by Gasteiger charge is 2.27. The minimum absolute atomic E-state index is 0.126. The molecule has 0 saturated heterocycles. The molecule has 0 aromatic heterocycles. The fraction of sp³-hybridized carbons (Fsp3) is 0.357. The monoisotopic (exact) mass is 274 g/mol. The Balaban J connectivity index is 2.58. The summed E-state index contributed by atoms with van der Waals surface area (Å²) in [7, 11) is 0. The normalized spacial score (nSPS) is 14.6. The van der Waals surface area contributed by atoms with E-state index in [-0.39, 0.29) is 11.8 Å². The van der Waals surface area contributed by atoms with Crippen molar-refractivity contribution >= 4 is 29.1 Å². The van der Waals surface area contributed by atoms with E-state index in [0.717, 1.165) is 27.8 Å². The van der Waals surface area contributed by atoms with Gasteiger partial charge in [0.2, 0.25) is 5.78 Å². The SMILES string of the molecule is CC(C)(C)c1cc2c(cc1SC#N)NC(=O)C(=O)C2. The molecule has 1 heterocycles. The van der Waals surface area contributed by atoms with Crippen LogP contribution in [0.15, 0.2) is 17.0 Å². The summed E-state index contributed by atoms with van der Waals surface area (Å²) in [6, 6.07) is 3.71. The van der Waals surface area contributed by atoms with Crippen molar-refractivity contribution in [2.45, 2.75) is 37.5 Å². The average molecular weight is 274 g/mol. The number of rotatable bonds is 1. The van der Waals surface area contributed by atoms with Crippen LogP contribution in [-0.4, -0.2) is 11.7 Å². The van der Waals surface area contributed by atoms with Gasteiger partial charge in [0, 0.05) is 17.0 Å². The van der Waals surface area contributed by atoms with Crippen molar-refractivity contribution in [3.63, 3.8) is 0 Å². The summed E-state index contributed by atoms with van der Waals surface area (Å²) in [6.07, 6.45) is 0.127. The van der Waals surface area contributed by atoms with Crippen LogP contribution >= 0.6 is 11.8 Å². The molecule has 1 aromatic carbocycles. The van der Waals surface area contributed by atoms with E-state index < -0.39 is 11.7 Å². The van der Waals surface area contributed by atoms with Gasteiger partial charge in [-0.3, -0.25) is 9.59 Å². The molecule has 1 aliphatic heterocycles. The van der Waals surface area contributed by atoms with E-state index in [1.807, 2.05) is 6.07 Å². The van der Waals surface area contributed by atoms with Crippen LogP contribution in [0.2, 0.25) is 0 Å². The van der Waals surface area contributed by atoms with Gasteiger partial charge in [-0.25, -0.2) is 0 Å². The Kier molecular flexibility index (Phi) is 3.38. The molecule has 0 bridgehead atoms. The van der Waals surface area contributed by atoms with Crippen molar-refractivity contribution in [1.82, 2.24) is 0 Å². The zero-order valence-corrected chi connectivity index (χ0v) is 11.9. The van der Waals surface area contributed by atoms with E-state index in [2.05, 4.69) is 31.5 Å². The average Bonchev–Trinajstić information content (AvgIpc) is 2.29. The van der Waals surface area contributed by atoms with E-state index >= 15 is 0 Å². The molecule has 0 radical (unpaired) electrons. The fourth-order valence-electron chi connectivity index (χ4n) is 2.05. The van der Waals surface area contributed by atoms with Gasteiger partial charge in [0.1, 0.15) is 5.40 Å². The van der Waals surface area contributed by atoms with Gasteiger partial charge in [0.05, 0.1) is 0 Å². The van der Waals surface area contributed by atoms with Crippen molar-refractivity contribution in [3.05, 3.63) is 23.3 Å². The van der Waals surface area contributed by atoms with Crippen LogP contribution in [0.25, 0.3) is 0 Å². The van der Waals surface area contributed by atoms with Crippen molar-refractivity contribution in [1.29, 1.82) is 5.26 Å². The van der Waals surface area contributed by atoms with Gasteiger partial charge in [0.15, 0.2) is 0 Å². The molecule has 0 atom stereocenters. The minimum Gasteiger partial charge on any atom is -0.319 e. The number of hydrogen-bond acceptors (Lipinski definition) is 4. The standard InChI is InChI=1S/C14H14N2O2S/c1-14(2,3)9-4-8-5-11(17)13(18)16-10(8)6-12(9)19-7-15/h4,6H,5H2,1-3H3,(H,16,18). The van der Waals surface area contributed by atoms with Crippen molar-refractivity contribution in [2.24, 2.45) is 0 Å². The molecule has 0 fully saturated rings. The lowest BCUT2D eigenvalue weighted by Crippen LogP contribution is -2.30. The molecule has 5 heteroatoms. The second-order valence-corrected chi connectivity index (χ2v) is 6.33. The molecule has 0 unspecified atom stereocenters.